The van der Waals surface area contributed by atoms with Gasteiger partial charge in [0, 0.05) is 37.3 Å². The molecule has 2 aliphatic heterocycles. The van der Waals surface area contributed by atoms with E-state index in [1.165, 1.54) is 17.1 Å². The number of carbonyl (C=O) groups is 7. The van der Waals surface area contributed by atoms with E-state index in [2.05, 4.69) is 16.0 Å². The van der Waals surface area contributed by atoms with Crippen molar-refractivity contribution in [3.05, 3.63) is 42.0 Å². The van der Waals surface area contributed by atoms with E-state index in [0.717, 1.165) is 17.6 Å². The zero-order valence-corrected chi connectivity index (χ0v) is 25.4. The van der Waals surface area contributed by atoms with Crippen LogP contribution in [0.5, 0.6) is 0 Å². The van der Waals surface area contributed by atoms with Crippen molar-refractivity contribution in [3.63, 3.8) is 0 Å². The Morgan fingerprint density at radius 2 is 1.68 bits per heavy atom. The van der Waals surface area contributed by atoms with Gasteiger partial charge in [0.1, 0.15) is 18.9 Å². The highest BCUT2D eigenvalue weighted by Crippen LogP contribution is 2.27. The number of unbranched alkanes of at least 4 members (excludes halogenated alkanes) is 2. The van der Waals surface area contributed by atoms with Crippen LogP contribution < -0.4 is 16.0 Å². The maximum absolute atomic E-state index is 12.7. The second-order valence-electron chi connectivity index (χ2n) is 11.5. The van der Waals surface area contributed by atoms with E-state index in [4.69, 9.17) is 4.74 Å². The number of nitrogens with one attached hydrogen (secondary N) is 3. The number of carbonyl (C=O) groups excluding carboxylic acids is 7. The summed E-state index contributed by atoms with van der Waals surface area (Å²) in [5.41, 5.74) is 0.332. The van der Waals surface area contributed by atoms with Gasteiger partial charge in [-0.15, -0.1) is 0 Å². The molecule has 0 saturated carbocycles. The maximum Gasteiger partial charge on any atom is 0.410 e. The molecular weight excluding hydrogens is 570 g/mol. The van der Waals surface area contributed by atoms with E-state index in [0.29, 0.717) is 50.0 Å². The number of anilines is 1. The summed E-state index contributed by atoms with van der Waals surface area (Å²) in [6.07, 6.45) is 5.95. The largest absolute Gasteiger partial charge is 0.445 e. The van der Waals surface area contributed by atoms with Crippen LogP contribution in [0.1, 0.15) is 64.9 Å². The van der Waals surface area contributed by atoms with Crippen molar-refractivity contribution in [2.75, 3.05) is 25.0 Å². The number of hydrogen-bond donors (Lipinski definition) is 3. The Labute approximate surface area is 256 Å². The average molecular weight is 612 g/mol. The number of likely N-dealkylation sites (tertiary alicyclic amines) is 1. The second-order valence-corrected chi connectivity index (χ2v) is 11.5. The van der Waals surface area contributed by atoms with E-state index in [-0.39, 0.29) is 43.2 Å². The van der Waals surface area contributed by atoms with E-state index < -0.39 is 29.5 Å². The first kappa shape index (κ1) is 33.9. The third-order valence-corrected chi connectivity index (χ3v) is 7.63. The minimum atomic E-state index is -0.846. The number of amides is 6. The quantitative estimate of drug-likeness (QED) is 0.154. The maximum atomic E-state index is 12.7. The van der Waals surface area contributed by atoms with E-state index in [1.54, 1.807) is 45.0 Å². The van der Waals surface area contributed by atoms with Gasteiger partial charge in [-0.3, -0.25) is 33.8 Å². The number of benzene rings is 1. The highest BCUT2D eigenvalue weighted by atomic mass is 16.6. The smallest absolute Gasteiger partial charge is 0.410 e. The monoisotopic (exact) mass is 611 g/mol. The molecule has 13 heteroatoms. The van der Waals surface area contributed by atoms with Gasteiger partial charge in [0.05, 0.1) is 12.1 Å². The first-order chi connectivity index (χ1) is 20.9. The van der Waals surface area contributed by atoms with Gasteiger partial charge in [0.15, 0.2) is 0 Å². The van der Waals surface area contributed by atoms with Crippen LogP contribution in [0.25, 0.3) is 0 Å². The molecule has 2 heterocycles. The van der Waals surface area contributed by atoms with Crippen molar-refractivity contribution in [2.45, 2.75) is 77.5 Å². The van der Waals surface area contributed by atoms with Gasteiger partial charge < -0.3 is 25.5 Å². The fraction of sp³-hybridized carbons (Fsp3) is 0.516. The molecular formula is C31H41N5O8. The highest BCUT2D eigenvalue weighted by Gasteiger charge is 2.40. The number of imide groups is 1. The predicted octanol–water partition coefficient (Wildman–Crippen LogP) is 2.06. The molecule has 1 aromatic rings. The van der Waals surface area contributed by atoms with E-state index in [1.807, 2.05) is 0 Å². The van der Waals surface area contributed by atoms with Gasteiger partial charge in [0.2, 0.25) is 17.7 Å². The molecule has 0 radical (unpaired) electrons. The third-order valence-electron chi connectivity index (χ3n) is 7.63. The molecule has 1 unspecified atom stereocenters. The van der Waals surface area contributed by atoms with Crippen LogP contribution in [0.4, 0.5) is 10.5 Å². The van der Waals surface area contributed by atoms with Crippen molar-refractivity contribution in [3.8, 4) is 0 Å². The van der Waals surface area contributed by atoms with Crippen LogP contribution in [-0.2, 0) is 40.1 Å². The van der Waals surface area contributed by atoms with E-state index in [9.17, 15) is 33.6 Å². The van der Waals surface area contributed by atoms with Crippen LogP contribution in [0, 0.1) is 5.92 Å². The molecule has 0 spiro atoms. The van der Waals surface area contributed by atoms with Crippen LogP contribution >= 0.6 is 0 Å². The standard InChI is InChI=1S/C31H41N5O8/c1-21(2)28(34-24(38)8-5-4-6-16-35-26(40)13-14-27(35)41)29(42)32-18-25(39)33-23-11-9-22(10-12-23)19-44-30(43)36-17-7-15-31(36,3)20-37/h9-14,20-21,28H,4-8,15-19H2,1-3H3,(H,32,42)(H,33,39)(H,34,38)/t28?,31-/m0/s1. The Hall–Kier alpha value is -4.55. The molecule has 3 N–H and O–H groups in total. The minimum Gasteiger partial charge on any atom is -0.445 e. The SMILES string of the molecule is CC(C)C(NC(=O)CCCCCN1C(=O)C=CC1=O)C(=O)NCC(=O)Nc1ccc(COC(=O)N2CCC[C@@]2(C)C=O)cc1. The van der Waals surface area contributed by atoms with Crippen molar-refractivity contribution < 1.29 is 38.3 Å². The number of aldehydes is 1. The number of hydrogen-bond acceptors (Lipinski definition) is 8. The number of nitrogens with zero attached hydrogens (tertiary/aromatic N) is 2. The summed E-state index contributed by atoms with van der Waals surface area (Å²) in [6.45, 7) is 5.75. The molecule has 1 aromatic carbocycles. The van der Waals surface area contributed by atoms with Gasteiger partial charge in [-0.1, -0.05) is 32.4 Å². The van der Waals surface area contributed by atoms with Crippen LogP contribution in [-0.4, -0.2) is 82.9 Å². The highest BCUT2D eigenvalue weighted by molar-refractivity contribution is 6.12. The van der Waals surface area contributed by atoms with Crippen LogP contribution in [0.3, 0.4) is 0 Å². The molecule has 2 atom stereocenters. The summed E-state index contributed by atoms with van der Waals surface area (Å²) in [6, 6.07) is 5.84. The predicted molar refractivity (Wildman–Crippen MR) is 160 cm³/mol. The zero-order valence-electron chi connectivity index (χ0n) is 25.4. The summed E-state index contributed by atoms with van der Waals surface area (Å²) in [7, 11) is 0. The molecule has 44 heavy (non-hydrogen) atoms. The molecule has 238 valence electrons. The van der Waals surface area contributed by atoms with Crippen LogP contribution in [0.2, 0.25) is 0 Å². The van der Waals surface area contributed by atoms with Crippen LogP contribution in [0.15, 0.2) is 36.4 Å². The Morgan fingerprint density at radius 1 is 1.00 bits per heavy atom. The average Bonchev–Trinajstić information content (AvgIpc) is 3.55. The fourth-order valence-corrected chi connectivity index (χ4v) is 4.96. The lowest BCUT2D eigenvalue weighted by molar-refractivity contribution is -0.137. The minimum absolute atomic E-state index is 0.00913. The number of ether oxygens (including phenoxy) is 1. The Balaban J connectivity index is 1.35. The van der Waals surface area contributed by atoms with Crippen molar-refractivity contribution in [1.82, 2.24) is 20.4 Å². The molecule has 6 amide bonds. The topological polar surface area (TPSA) is 171 Å². The number of rotatable bonds is 15. The second kappa shape index (κ2) is 15.8. The van der Waals surface area contributed by atoms with Crippen molar-refractivity contribution in [2.24, 2.45) is 5.92 Å². The molecule has 2 aliphatic rings. The summed E-state index contributed by atoms with van der Waals surface area (Å²) in [5.74, 6) is -2.13. The first-order valence-electron chi connectivity index (χ1n) is 14.8. The van der Waals surface area contributed by atoms with Gasteiger partial charge >= 0.3 is 6.09 Å². The van der Waals surface area contributed by atoms with Gasteiger partial charge in [-0.2, -0.15) is 0 Å². The Bertz CT molecular complexity index is 1260. The summed E-state index contributed by atoms with van der Waals surface area (Å²) < 4.78 is 5.36. The third kappa shape index (κ3) is 9.48. The zero-order chi connectivity index (χ0) is 32.3. The summed E-state index contributed by atoms with van der Waals surface area (Å²) in [4.78, 5) is 87.2. The summed E-state index contributed by atoms with van der Waals surface area (Å²) >= 11 is 0. The normalized spacial score (nSPS) is 18.4. The Morgan fingerprint density at radius 3 is 2.32 bits per heavy atom. The molecule has 0 aliphatic carbocycles. The molecule has 13 nitrogen and oxygen atoms in total. The lowest BCUT2D eigenvalue weighted by atomic mass is 10.0. The van der Waals surface area contributed by atoms with E-state index >= 15 is 0 Å². The van der Waals surface area contributed by atoms with Gasteiger partial charge in [-0.05, 0) is 56.2 Å². The Kier molecular flexibility index (Phi) is 12.2. The lowest BCUT2D eigenvalue weighted by Gasteiger charge is -2.29. The van der Waals surface area contributed by atoms with Gasteiger partial charge in [-0.25, -0.2) is 4.79 Å². The first-order valence-corrected chi connectivity index (χ1v) is 14.8. The molecule has 0 aromatic heterocycles. The van der Waals surface area contributed by atoms with Gasteiger partial charge in [0.25, 0.3) is 11.8 Å². The molecule has 0 bridgehead atoms. The molecule has 1 fully saturated rings. The summed E-state index contributed by atoms with van der Waals surface area (Å²) in [5, 5.41) is 7.96. The molecule has 3 rings (SSSR count). The fourth-order valence-electron chi connectivity index (χ4n) is 4.96. The van der Waals surface area contributed by atoms with Crippen molar-refractivity contribution in [1.29, 1.82) is 0 Å². The molecule has 1 saturated heterocycles. The van der Waals surface area contributed by atoms with Crippen molar-refractivity contribution >= 4 is 47.6 Å². The lowest BCUT2D eigenvalue weighted by Crippen LogP contribution is -2.51.